The molecule has 0 aromatic heterocycles. The molecule has 0 radical (unpaired) electrons. The zero-order valence-corrected chi connectivity index (χ0v) is 11.6. The molecule has 4 nitrogen and oxygen atoms in total. The standard InChI is InChI=1S/C14H16N2O2S/c1-10(17)15-13-16-14(7-9-19-13)6-8-18-12-5-3-2-4-11(12)14/h2-5H,6-9H2,1H3,(H,15,16,17). The third-order valence-corrected chi connectivity index (χ3v) is 4.39. The number of amides is 1. The lowest BCUT2D eigenvalue weighted by Gasteiger charge is -2.38. The van der Waals surface area contributed by atoms with Crippen molar-refractivity contribution in [2.24, 2.45) is 4.99 Å². The van der Waals surface area contributed by atoms with E-state index >= 15 is 0 Å². The molecule has 1 spiro atoms. The summed E-state index contributed by atoms with van der Waals surface area (Å²) in [5.41, 5.74) is 0.919. The third-order valence-electron chi connectivity index (χ3n) is 3.51. The van der Waals surface area contributed by atoms with Gasteiger partial charge in [0.1, 0.15) is 5.75 Å². The summed E-state index contributed by atoms with van der Waals surface area (Å²) in [5, 5.41) is 3.55. The smallest absolute Gasteiger partial charge is 0.222 e. The molecule has 19 heavy (non-hydrogen) atoms. The number of hydrogen-bond acceptors (Lipinski definition) is 4. The Kier molecular flexibility index (Phi) is 3.22. The second-order valence-corrected chi connectivity index (χ2v) is 5.91. The lowest BCUT2D eigenvalue weighted by molar-refractivity contribution is -0.117. The maximum Gasteiger partial charge on any atom is 0.222 e. The van der Waals surface area contributed by atoms with Gasteiger partial charge in [-0.15, -0.1) is 0 Å². The summed E-state index contributed by atoms with van der Waals surface area (Å²) >= 11 is 1.61. The largest absolute Gasteiger partial charge is 0.493 e. The average Bonchev–Trinajstić information content (AvgIpc) is 2.39. The summed E-state index contributed by atoms with van der Waals surface area (Å²) in [7, 11) is 0. The van der Waals surface area contributed by atoms with Crippen LogP contribution in [0.3, 0.4) is 0 Å². The van der Waals surface area contributed by atoms with Gasteiger partial charge in [0.15, 0.2) is 5.17 Å². The van der Waals surface area contributed by atoms with Crippen LogP contribution < -0.4 is 10.1 Å². The zero-order valence-electron chi connectivity index (χ0n) is 10.8. The number of carbonyl (C=O) groups is 1. The van der Waals surface area contributed by atoms with E-state index in [0.29, 0.717) is 6.61 Å². The zero-order chi connectivity index (χ0) is 13.3. The number of hydrogen-bond donors (Lipinski definition) is 1. The fourth-order valence-electron chi connectivity index (χ4n) is 2.63. The number of nitrogens with one attached hydrogen (secondary N) is 1. The summed E-state index contributed by atoms with van der Waals surface area (Å²) in [6.07, 6.45) is 1.86. The molecule has 0 bridgehead atoms. The van der Waals surface area contributed by atoms with Crippen molar-refractivity contribution in [3.05, 3.63) is 29.8 Å². The lowest BCUT2D eigenvalue weighted by atomic mass is 9.83. The van der Waals surface area contributed by atoms with Crippen LogP contribution in [0.5, 0.6) is 5.75 Å². The first kappa shape index (κ1) is 12.5. The van der Waals surface area contributed by atoms with Crippen LogP contribution in [0.2, 0.25) is 0 Å². The molecule has 100 valence electrons. The highest BCUT2D eigenvalue weighted by molar-refractivity contribution is 8.13. The van der Waals surface area contributed by atoms with Gasteiger partial charge in [-0.1, -0.05) is 30.0 Å². The summed E-state index contributed by atoms with van der Waals surface area (Å²) < 4.78 is 5.70. The molecule has 2 aliphatic rings. The summed E-state index contributed by atoms with van der Waals surface area (Å²) in [6.45, 7) is 2.20. The van der Waals surface area contributed by atoms with Crippen LogP contribution in [0.4, 0.5) is 0 Å². The Morgan fingerprint density at radius 3 is 3.11 bits per heavy atom. The topological polar surface area (TPSA) is 50.7 Å². The number of aliphatic imine (C=N–C) groups is 1. The Hall–Kier alpha value is -1.49. The molecular formula is C14H16N2O2S. The van der Waals surface area contributed by atoms with Gasteiger partial charge < -0.3 is 10.1 Å². The molecule has 1 unspecified atom stereocenters. The van der Waals surface area contributed by atoms with Crippen molar-refractivity contribution in [1.29, 1.82) is 0 Å². The highest BCUT2D eigenvalue weighted by atomic mass is 32.2. The number of fused-ring (bicyclic) bond motifs is 2. The van der Waals surface area contributed by atoms with Crippen LogP contribution in [0, 0.1) is 0 Å². The number of carbonyl (C=O) groups excluding carboxylic acids is 1. The van der Waals surface area contributed by atoms with E-state index in [1.807, 2.05) is 18.2 Å². The summed E-state index contributed by atoms with van der Waals surface area (Å²) in [5.74, 6) is 1.82. The highest BCUT2D eigenvalue weighted by Gasteiger charge is 2.39. The Morgan fingerprint density at radius 2 is 2.26 bits per heavy atom. The highest BCUT2D eigenvalue weighted by Crippen LogP contribution is 2.45. The van der Waals surface area contributed by atoms with Crippen molar-refractivity contribution in [2.75, 3.05) is 12.4 Å². The molecule has 1 aromatic rings. The van der Waals surface area contributed by atoms with Gasteiger partial charge in [0.2, 0.25) is 5.91 Å². The molecular weight excluding hydrogens is 260 g/mol. The average molecular weight is 276 g/mol. The maximum atomic E-state index is 11.2. The van der Waals surface area contributed by atoms with E-state index in [9.17, 15) is 4.79 Å². The number of nitrogens with zero attached hydrogens (tertiary/aromatic N) is 1. The molecule has 0 saturated carbocycles. The Bertz CT molecular complexity index is 544. The van der Waals surface area contributed by atoms with Crippen molar-refractivity contribution < 1.29 is 9.53 Å². The second-order valence-electron chi connectivity index (χ2n) is 4.82. The van der Waals surface area contributed by atoms with Crippen molar-refractivity contribution in [3.8, 4) is 5.75 Å². The molecule has 3 rings (SSSR count). The molecule has 2 aliphatic heterocycles. The van der Waals surface area contributed by atoms with Gasteiger partial charge in [0.05, 0.1) is 12.1 Å². The first-order chi connectivity index (χ1) is 9.20. The summed E-state index contributed by atoms with van der Waals surface area (Å²) in [4.78, 5) is 16.0. The van der Waals surface area contributed by atoms with Crippen molar-refractivity contribution >= 4 is 22.8 Å². The van der Waals surface area contributed by atoms with Gasteiger partial charge in [-0.3, -0.25) is 9.79 Å². The van der Waals surface area contributed by atoms with E-state index in [2.05, 4.69) is 11.4 Å². The molecule has 0 saturated heterocycles. The fourth-order valence-corrected chi connectivity index (χ4v) is 3.72. The number of amidine groups is 1. The van der Waals surface area contributed by atoms with Gasteiger partial charge in [0, 0.05) is 24.7 Å². The van der Waals surface area contributed by atoms with Gasteiger partial charge >= 0.3 is 0 Å². The number of thioether (sulfide) groups is 1. The first-order valence-electron chi connectivity index (χ1n) is 6.42. The number of rotatable bonds is 0. The van der Waals surface area contributed by atoms with Gasteiger partial charge in [-0.25, -0.2) is 0 Å². The molecule has 1 N–H and O–H groups in total. The molecule has 2 heterocycles. The minimum absolute atomic E-state index is 0.0661. The van der Waals surface area contributed by atoms with Crippen LogP contribution in [0.25, 0.3) is 0 Å². The summed E-state index contributed by atoms with van der Waals surface area (Å²) in [6, 6.07) is 8.07. The Morgan fingerprint density at radius 1 is 1.42 bits per heavy atom. The fraction of sp³-hybridized carbons (Fsp3) is 0.429. The molecule has 0 aliphatic carbocycles. The van der Waals surface area contributed by atoms with Crippen molar-refractivity contribution in [2.45, 2.75) is 25.3 Å². The van der Waals surface area contributed by atoms with E-state index in [1.165, 1.54) is 6.92 Å². The minimum atomic E-state index is -0.224. The Labute approximate surface area is 116 Å². The van der Waals surface area contributed by atoms with E-state index in [-0.39, 0.29) is 11.4 Å². The van der Waals surface area contributed by atoms with Crippen LogP contribution >= 0.6 is 11.8 Å². The van der Waals surface area contributed by atoms with Crippen molar-refractivity contribution in [3.63, 3.8) is 0 Å². The lowest BCUT2D eigenvalue weighted by Crippen LogP contribution is -2.38. The molecule has 5 heteroatoms. The minimum Gasteiger partial charge on any atom is -0.493 e. The van der Waals surface area contributed by atoms with E-state index < -0.39 is 0 Å². The van der Waals surface area contributed by atoms with E-state index in [4.69, 9.17) is 9.73 Å². The monoisotopic (exact) mass is 276 g/mol. The van der Waals surface area contributed by atoms with E-state index in [1.54, 1.807) is 11.8 Å². The van der Waals surface area contributed by atoms with E-state index in [0.717, 1.165) is 35.1 Å². The molecule has 1 amide bonds. The number of ether oxygens (including phenoxy) is 1. The third kappa shape index (κ3) is 2.34. The molecule has 1 aromatic carbocycles. The molecule has 0 fully saturated rings. The van der Waals surface area contributed by atoms with Crippen LogP contribution in [-0.4, -0.2) is 23.4 Å². The maximum absolute atomic E-state index is 11.2. The molecule has 1 atom stereocenters. The van der Waals surface area contributed by atoms with Crippen molar-refractivity contribution in [1.82, 2.24) is 5.32 Å². The number of benzene rings is 1. The predicted octanol–water partition coefficient (Wildman–Crippen LogP) is 2.29. The quantitative estimate of drug-likeness (QED) is 0.791. The SMILES string of the molecule is CC(=O)NC1=NC2(CCOc3ccccc32)CCS1. The van der Waals surface area contributed by atoms with Crippen LogP contribution in [-0.2, 0) is 10.3 Å². The van der Waals surface area contributed by atoms with Gasteiger partial charge in [0.25, 0.3) is 0 Å². The van der Waals surface area contributed by atoms with Gasteiger partial charge in [-0.2, -0.15) is 0 Å². The predicted molar refractivity (Wildman–Crippen MR) is 76.6 cm³/mol. The van der Waals surface area contributed by atoms with Crippen LogP contribution in [0.1, 0.15) is 25.3 Å². The van der Waals surface area contributed by atoms with Gasteiger partial charge in [-0.05, 0) is 12.5 Å². The Balaban J connectivity index is 2.02. The number of para-hydroxylation sites is 1. The van der Waals surface area contributed by atoms with Crippen LogP contribution in [0.15, 0.2) is 29.3 Å². The first-order valence-corrected chi connectivity index (χ1v) is 7.41. The normalized spacial score (nSPS) is 25.2. The second kappa shape index (κ2) is 4.89.